The predicted octanol–water partition coefficient (Wildman–Crippen LogP) is 2.22. The number of rotatable bonds is 3. The first-order valence-electron chi connectivity index (χ1n) is 8.44. The number of carbonyl (C=O) groups is 1. The van der Waals surface area contributed by atoms with Gasteiger partial charge in [0.15, 0.2) is 5.69 Å². The zero-order valence-corrected chi connectivity index (χ0v) is 13.7. The summed E-state index contributed by atoms with van der Waals surface area (Å²) in [7, 11) is 1.90. The minimum absolute atomic E-state index is 0.0757. The number of hydrogen-bond acceptors (Lipinski definition) is 3. The highest BCUT2D eigenvalue weighted by Crippen LogP contribution is 2.40. The Labute approximate surface area is 140 Å². The number of piperazine rings is 1. The van der Waals surface area contributed by atoms with E-state index in [1.54, 1.807) is 6.07 Å². The average Bonchev–Trinajstić information content (AvgIpc) is 3.36. The summed E-state index contributed by atoms with van der Waals surface area (Å²) < 4.78 is 15.4. The van der Waals surface area contributed by atoms with Crippen LogP contribution in [0.4, 0.5) is 4.39 Å². The molecular weight excluding hydrogens is 307 g/mol. The van der Waals surface area contributed by atoms with E-state index in [-0.39, 0.29) is 17.8 Å². The van der Waals surface area contributed by atoms with Gasteiger partial charge in [-0.05, 0) is 36.6 Å². The van der Waals surface area contributed by atoms with E-state index in [1.165, 1.54) is 25.0 Å². The maximum absolute atomic E-state index is 13.6. The zero-order valence-electron chi connectivity index (χ0n) is 13.7. The smallest absolute Gasteiger partial charge is 0.274 e. The maximum Gasteiger partial charge on any atom is 0.274 e. The Balaban J connectivity index is 1.62. The molecule has 1 aliphatic heterocycles. The van der Waals surface area contributed by atoms with Gasteiger partial charge >= 0.3 is 0 Å². The van der Waals surface area contributed by atoms with Gasteiger partial charge in [0.1, 0.15) is 5.82 Å². The largest absolute Gasteiger partial charge is 0.328 e. The second kappa shape index (κ2) is 6.02. The Morgan fingerprint density at radius 2 is 2.17 bits per heavy atom. The summed E-state index contributed by atoms with van der Waals surface area (Å²) in [5.74, 6) is 0.193. The third-order valence-electron chi connectivity index (χ3n) is 4.87. The molecule has 4 rings (SSSR count). The number of carbonyl (C=O) groups excluding carboxylic acids is 1. The van der Waals surface area contributed by atoms with E-state index in [2.05, 4.69) is 10.4 Å². The number of aryl methyl sites for hydroxylation is 1. The average molecular weight is 328 g/mol. The summed E-state index contributed by atoms with van der Waals surface area (Å²) in [6, 6.07) is 8.24. The summed E-state index contributed by atoms with van der Waals surface area (Å²) in [4.78, 5) is 14.8. The van der Waals surface area contributed by atoms with Crippen molar-refractivity contribution < 1.29 is 9.18 Å². The van der Waals surface area contributed by atoms with Crippen LogP contribution in [0.2, 0.25) is 0 Å². The van der Waals surface area contributed by atoms with Gasteiger partial charge in [-0.25, -0.2) is 4.39 Å². The molecule has 1 aliphatic carbocycles. The second-order valence-corrected chi connectivity index (χ2v) is 6.63. The molecule has 1 saturated carbocycles. The molecular formula is C18H21FN4O. The molecule has 1 saturated heterocycles. The van der Waals surface area contributed by atoms with Gasteiger partial charge in [-0.1, -0.05) is 12.1 Å². The van der Waals surface area contributed by atoms with Gasteiger partial charge in [-0.15, -0.1) is 0 Å². The van der Waals surface area contributed by atoms with Crippen LogP contribution in [0.5, 0.6) is 0 Å². The number of nitrogens with one attached hydrogen (secondary N) is 1. The molecule has 6 heteroatoms. The van der Waals surface area contributed by atoms with Crippen LogP contribution in [-0.4, -0.2) is 40.2 Å². The molecule has 0 radical (unpaired) electrons. The lowest BCUT2D eigenvalue weighted by Crippen LogP contribution is -2.48. The molecule has 2 heterocycles. The van der Waals surface area contributed by atoms with E-state index >= 15 is 0 Å². The third kappa shape index (κ3) is 2.82. The van der Waals surface area contributed by atoms with E-state index in [0.29, 0.717) is 24.7 Å². The summed E-state index contributed by atoms with van der Waals surface area (Å²) in [5.41, 5.74) is 2.44. The fourth-order valence-electron chi connectivity index (χ4n) is 3.45. The first-order chi connectivity index (χ1) is 11.6. The Morgan fingerprint density at radius 3 is 2.92 bits per heavy atom. The van der Waals surface area contributed by atoms with E-state index < -0.39 is 0 Å². The lowest BCUT2D eigenvalue weighted by atomic mass is 10.0. The topological polar surface area (TPSA) is 50.2 Å². The number of halogens is 1. The van der Waals surface area contributed by atoms with Crippen LogP contribution in [0.25, 0.3) is 0 Å². The molecule has 1 unspecified atom stereocenters. The van der Waals surface area contributed by atoms with Gasteiger partial charge in [0.05, 0.1) is 6.04 Å². The lowest BCUT2D eigenvalue weighted by Gasteiger charge is -2.36. The Hall–Kier alpha value is -2.21. The first-order valence-corrected chi connectivity index (χ1v) is 8.44. The highest BCUT2D eigenvalue weighted by molar-refractivity contribution is 5.93. The van der Waals surface area contributed by atoms with Crippen LogP contribution in [0, 0.1) is 5.82 Å². The lowest BCUT2D eigenvalue weighted by molar-refractivity contribution is 0.0627. The van der Waals surface area contributed by atoms with Crippen molar-refractivity contribution in [2.24, 2.45) is 7.05 Å². The van der Waals surface area contributed by atoms with Crippen LogP contribution < -0.4 is 5.32 Å². The molecule has 5 nitrogen and oxygen atoms in total. The monoisotopic (exact) mass is 328 g/mol. The molecule has 1 atom stereocenters. The van der Waals surface area contributed by atoms with E-state index in [0.717, 1.165) is 17.8 Å². The second-order valence-electron chi connectivity index (χ2n) is 6.63. The van der Waals surface area contributed by atoms with Crippen LogP contribution in [0.1, 0.15) is 46.5 Å². The number of nitrogens with zero attached hydrogens (tertiary/aromatic N) is 3. The Bertz CT molecular complexity index is 768. The van der Waals surface area contributed by atoms with Crippen molar-refractivity contribution in [3.63, 3.8) is 0 Å². The molecule has 1 aromatic carbocycles. The third-order valence-corrected chi connectivity index (χ3v) is 4.87. The minimum atomic E-state index is -0.278. The number of aromatic nitrogens is 2. The summed E-state index contributed by atoms with van der Waals surface area (Å²) >= 11 is 0. The molecule has 2 aliphatic rings. The molecule has 1 N–H and O–H groups in total. The van der Waals surface area contributed by atoms with Crippen molar-refractivity contribution in [3.8, 4) is 0 Å². The van der Waals surface area contributed by atoms with E-state index in [4.69, 9.17) is 0 Å². The van der Waals surface area contributed by atoms with Crippen molar-refractivity contribution >= 4 is 5.91 Å². The Kier molecular flexibility index (Phi) is 3.84. The maximum atomic E-state index is 13.6. The van der Waals surface area contributed by atoms with Crippen LogP contribution in [-0.2, 0) is 7.05 Å². The zero-order chi connectivity index (χ0) is 16.7. The normalized spacial score (nSPS) is 21.1. The highest BCUT2D eigenvalue weighted by Gasteiger charge is 2.32. The van der Waals surface area contributed by atoms with Gasteiger partial charge in [0.25, 0.3) is 5.91 Å². The molecule has 2 aromatic rings. The SMILES string of the molecule is Cn1nc(C(=O)N2CCNCC2c2cccc(F)c2)cc1C1CC1. The molecule has 0 spiro atoms. The van der Waals surface area contributed by atoms with Crippen molar-refractivity contribution in [2.75, 3.05) is 19.6 Å². The molecule has 2 fully saturated rings. The number of hydrogen-bond donors (Lipinski definition) is 1. The van der Waals surface area contributed by atoms with Crippen LogP contribution in [0.3, 0.4) is 0 Å². The van der Waals surface area contributed by atoms with Crippen molar-refractivity contribution in [1.82, 2.24) is 20.0 Å². The summed E-state index contributed by atoms with van der Waals surface area (Å²) in [6.45, 7) is 1.95. The predicted molar refractivity (Wildman–Crippen MR) is 88.2 cm³/mol. The Morgan fingerprint density at radius 1 is 1.33 bits per heavy atom. The van der Waals surface area contributed by atoms with Gasteiger partial charge in [-0.2, -0.15) is 5.10 Å². The molecule has 1 aromatic heterocycles. The summed E-state index contributed by atoms with van der Waals surface area (Å²) in [6.07, 6.45) is 2.35. The van der Waals surface area contributed by atoms with Crippen LogP contribution >= 0.6 is 0 Å². The fourth-order valence-corrected chi connectivity index (χ4v) is 3.45. The highest BCUT2D eigenvalue weighted by atomic mass is 19.1. The van der Waals surface area contributed by atoms with Crippen molar-refractivity contribution in [2.45, 2.75) is 24.8 Å². The van der Waals surface area contributed by atoms with Crippen molar-refractivity contribution in [1.29, 1.82) is 0 Å². The number of benzene rings is 1. The summed E-state index contributed by atoms with van der Waals surface area (Å²) in [5, 5.41) is 7.72. The first kappa shape index (κ1) is 15.3. The van der Waals surface area contributed by atoms with Gasteiger partial charge < -0.3 is 10.2 Å². The molecule has 24 heavy (non-hydrogen) atoms. The van der Waals surface area contributed by atoms with Gasteiger partial charge in [0, 0.05) is 38.3 Å². The van der Waals surface area contributed by atoms with Crippen LogP contribution in [0.15, 0.2) is 30.3 Å². The molecule has 126 valence electrons. The standard InChI is InChI=1S/C18H21FN4O/c1-22-16(12-5-6-12)10-15(21-22)18(24)23-8-7-20-11-17(23)13-3-2-4-14(19)9-13/h2-4,9-10,12,17,20H,5-8,11H2,1H3. The quantitative estimate of drug-likeness (QED) is 0.940. The van der Waals surface area contributed by atoms with Gasteiger partial charge in [-0.3, -0.25) is 9.48 Å². The van der Waals surface area contributed by atoms with E-state index in [9.17, 15) is 9.18 Å². The molecule has 1 amide bonds. The van der Waals surface area contributed by atoms with Gasteiger partial charge in [0.2, 0.25) is 0 Å². The van der Waals surface area contributed by atoms with Crippen molar-refractivity contribution in [3.05, 3.63) is 53.1 Å². The van der Waals surface area contributed by atoms with E-state index in [1.807, 2.05) is 28.8 Å². The number of amides is 1. The fraction of sp³-hybridized carbons (Fsp3) is 0.444. The minimum Gasteiger partial charge on any atom is -0.328 e. The molecule has 0 bridgehead atoms.